The molecule has 3 nitrogen and oxygen atoms in total. The molecular formula is C14H27NO2S. The van der Waals surface area contributed by atoms with Gasteiger partial charge in [-0.3, -0.25) is 9.00 Å². The van der Waals surface area contributed by atoms with Crippen LogP contribution in [0.5, 0.6) is 0 Å². The minimum atomic E-state index is -1.94. The molecule has 0 amide bonds. The number of hydrogen-bond donors (Lipinski definition) is 0. The summed E-state index contributed by atoms with van der Waals surface area (Å²) in [5.74, 6) is 5.27. The van der Waals surface area contributed by atoms with Crippen LogP contribution in [0.15, 0.2) is 0 Å². The van der Waals surface area contributed by atoms with Crippen molar-refractivity contribution in [3.63, 3.8) is 0 Å². The summed E-state index contributed by atoms with van der Waals surface area (Å²) in [6.45, 7) is 6.67. The van der Waals surface area contributed by atoms with Gasteiger partial charge in [-0.1, -0.05) is 20.8 Å². The van der Waals surface area contributed by atoms with Crippen LogP contribution in [0.4, 0.5) is 0 Å². The van der Waals surface area contributed by atoms with Crippen LogP contribution in [0, 0.1) is 10.8 Å². The maximum atomic E-state index is 12.7. The maximum Gasteiger partial charge on any atom is 0.145 e. The largest absolute Gasteiger partial charge is 0.308 e. The topological polar surface area (TPSA) is 37.4 Å². The quantitative estimate of drug-likeness (QED) is 0.734. The summed E-state index contributed by atoms with van der Waals surface area (Å²) in [7, 11) is 2.05. The zero-order valence-corrected chi connectivity index (χ0v) is 13.2. The molecule has 0 N–H and O–H groups in total. The monoisotopic (exact) mass is 273 g/mol. The zero-order chi connectivity index (χ0) is 14.2. The molecule has 106 valence electrons. The van der Waals surface area contributed by atoms with Gasteiger partial charge in [0.1, 0.15) is 5.78 Å². The molecule has 1 aliphatic rings. The maximum absolute atomic E-state index is 12.7. The highest BCUT2D eigenvalue weighted by atomic mass is 32.2. The molecule has 1 aliphatic heterocycles. The second-order valence-electron chi connectivity index (χ2n) is 6.97. The van der Waals surface area contributed by atoms with Crippen LogP contribution in [0.3, 0.4) is 0 Å². The van der Waals surface area contributed by atoms with E-state index in [2.05, 4.69) is 10.8 Å². The van der Waals surface area contributed by atoms with Crippen molar-refractivity contribution in [2.24, 2.45) is 10.8 Å². The average Bonchev–Trinajstić information content (AvgIpc) is 2.19. The van der Waals surface area contributed by atoms with E-state index in [1.807, 2.05) is 34.9 Å². The van der Waals surface area contributed by atoms with Crippen LogP contribution >= 0.6 is 0 Å². The van der Waals surface area contributed by atoms with Crippen molar-refractivity contribution in [3.05, 3.63) is 0 Å². The van der Waals surface area contributed by atoms with Crippen LogP contribution in [0.2, 0.25) is 0 Å². The van der Waals surface area contributed by atoms with Crippen LogP contribution in [0.1, 0.15) is 33.6 Å². The molecule has 1 rings (SSSR count). The Kier molecular flexibility index (Phi) is 4.34. The minimum absolute atomic E-state index is 0.304. The molecule has 0 atom stereocenters. The van der Waals surface area contributed by atoms with Gasteiger partial charge in [-0.05, 0) is 42.3 Å². The SMILES string of the molecule is C=S1(=O)CCC(CN(C)C)(C(=O)C(C)(C)C)CC1. The fourth-order valence-corrected chi connectivity index (χ4v) is 4.58. The van der Waals surface area contributed by atoms with Crippen molar-refractivity contribution in [2.75, 3.05) is 32.1 Å². The molecular weight excluding hydrogens is 246 g/mol. The van der Waals surface area contributed by atoms with Gasteiger partial charge < -0.3 is 4.90 Å². The number of carbonyl (C=O) groups is 1. The Balaban J connectivity index is 3.02. The Morgan fingerprint density at radius 2 is 1.72 bits per heavy atom. The molecule has 0 unspecified atom stereocenters. The summed E-state index contributed by atoms with van der Waals surface area (Å²) in [4.78, 5) is 14.8. The van der Waals surface area contributed by atoms with Crippen LogP contribution < -0.4 is 0 Å². The van der Waals surface area contributed by atoms with Gasteiger partial charge in [0.25, 0.3) is 0 Å². The normalized spacial score (nSPS) is 33.7. The van der Waals surface area contributed by atoms with E-state index >= 15 is 0 Å². The number of hydrogen-bond acceptors (Lipinski definition) is 3. The lowest BCUT2D eigenvalue weighted by Gasteiger charge is -2.42. The lowest BCUT2D eigenvalue weighted by atomic mass is 9.68. The van der Waals surface area contributed by atoms with Gasteiger partial charge in [0.2, 0.25) is 0 Å². The van der Waals surface area contributed by atoms with Gasteiger partial charge in [0, 0.05) is 28.9 Å². The Bertz CT molecular complexity index is 402. The van der Waals surface area contributed by atoms with E-state index in [0.29, 0.717) is 30.1 Å². The average molecular weight is 273 g/mol. The van der Waals surface area contributed by atoms with Crippen LogP contribution in [-0.2, 0) is 14.3 Å². The molecule has 0 aromatic heterocycles. The third-order valence-corrected chi connectivity index (χ3v) is 5.58. The third-order valence-electron chi connectivity index (χ3n) is 3.69. The first-order valence-corrected chi connectivity index (χ1v) is 8.57. The second-order valence-corrected chi connectivity index (χ2v) is 9.72. The first kappa shape index (κ1) is 15.7. The van der Waals surface area contributed by atoms with Gasteiger partial charge >= 0.3 is 0 Å². The van der Waals surface area contributed by atoms with Crippen molar-refractivity contribution in [1.82, 2.24) is 4.90 Å². The van der Waals surface area contributed by atoms with Crippen molar-refractivity contribution < 1.29 is 9.00 Å². The van der Waals surface area contributed by atoms with Gasteiger partial charge in [-0.15, -0.1) is 0 Å². The van der Waals surface area contributed by atoms with Crippen LogP contribution in [-0.4, -0.2) is 52.9 Å². The standard InChI is InChI=1S/C14H27NO2S/c1-13(2,3)12(16)14(11-15(4)5)7-9-18(6,17)10-8-14/h6-11H2,1-5H3. The number of rotatable bonds is 3. The van der Waals surface area contributed by atoms with E-state index in [0.717, 1.165) is 6.54 Å². The Morgan fingerprint density at radius 3 is 2.06 bits per heavy atom. The molecule has 1 saturated heterocycles. The van der Waals surface area contributed by atoms with E-state index in [-0.39, 0.29) is 10.8 Å². The Labute approximate surface area is 112 Å². The lowest BCUT2D eigenvalue weighted by Crippen LogP contribution is -2.50. The summed E-state index contributed by atoms with van der Waals surface area (Å²) < 4.78 is 12.0. The van der Waals surface area contributed by atoms with Gasteiger partial charge in [-0.2, -0.15) is 0 Å². The summed E-state index contributed by atoms with van der Waals surface area (Å²) >= 11 is 0. The van der Waals surface area contributed by atoms with Crippen LogP contribution in [0.25, 0.3) is 0 Å². The Morgan fingerprint density at radius 1 is 1.28 bits per heavy atom. The fraction of sp³-hybridized carbons (Fsp3) is 0.857. The van der Waals surface area contributed by atoms with E-state index < -0.39 is 9.52 Å². The number of ketones is 1. The highest BCUT2D eigenvalue weighted by molar-refractivity contribution is 8.00. The predicted octanol–water partition coefficient (Wildman–Crippen LogP) is 1.66. The van der Waals surface area contributed by atoms with Crippen molar-refractivity contribution in [3.8, 4) is 0 Å². The second kappa shape index (κ2) is 4.97. The highest BCUT2D eigenvalue weighted by Gasteiger charge is 2.46. The molecule has 0 radical (unpaired) electrons. The van der Waals surface area contributed by atoms with Gasteiger partial charge in [-0.25, -0.2) is 0 Å². The molecule has 0 aromatic carbocycles. The first-order valence-electron chi connectivity index (χ1n) is 6.51. The molecule has 1 fully saturated rings. The lowest BCUT2D eigenvalue weighted by molar-refractivity contribution is -0.138. The molecule has 0 bridgehead atoms. The summed E-state index contributed by atoms with van der Waals surface area (Å²) in [5.41, 5.74) is -0.671. The number of nitrogens with zero attached hydrogens (tertiary/aromatic N) is 1. The molecule has 0 saturated carbocycles. The zero-order valence-electron chi connectivity index (χ0n) is 12.4. The number of carbonyl (C=O) groups excluding carboxylic acids is 1. The molecule has 18 heavy (non-hydrogen) atoms. The molecule has 0 aromatic rings. The van der Waals surface area contributed by atoms with Crippen molar-refractivity contribution >= 4 is 21.2 Å². The van der Waals surface area contributed by atoms with Gasteiger partial charge in [0.15, 0.2) is 0 Å². The molecule has 0 spiro atoms. The van der Waals surface area contributed by atoms with Gasteiger partial charge in [0.05, 0.1) is 0 Å². The van der Waals surface area contributed by atoms with E-state index in [1.165, 1.54) is 0 Å². The molecule has 0 aliphatic carbocycles. The van der Waals surface area contributed by atoms with Crippen molar-refractivity contribution in [1.29, 1.82) is 0 Å². The van der Waals surface area contributed by atoms with E-state index in [9.17, 15) is 9.00 Å². The fourth-order valence-electron chi connectivity index (χ4n) is 2.85. The Hall–Kier alpha value is -0.350. The summed E-state index contributed by atoms with van der Waals surface area (Å²) in [5, 5.41) is 0. The first-order chi connectivity index (χ1) is 7.99. The highest BCUT2D eigenvalue weighted by Crippen LogP contribution is 2.39. The smallest absolute Gasteiger partial charge is 0.145 e. The van der Waals surface area contributed by atoms with E-state index in [1.54, 1.807) is 0 Å². The summed E-state index contributed by atoms with van der Waals surface area (Å²) in [6, 6.07) is 0. The molecule has 4 heteroatoms. The third kappa shape index (κ3) is 3.58. The minimum Gasteiger partial charge on any atom is -0.308 e. The van der Waals surface area contributed by atoms with E-state index in [4.69, 9.17) is 0 Å². The molecule has 1 heterocycles. The van der Waals surface area contributed by atoms with Crippen molar-refractivity contribution in [2.45, 2.75) is 33.6 Å². The summed E-state index contributed by atoms with van der Waals surface area (Å²) in [6.07, 6.45) is 1.42. The predicted molar refractivity (Wildman–Crippen MR) is 79.7 cm³/mol. The number of Topliss-reactive ketones (excluding diaryl/α,β-unsaturated/α-hetero) is 1.